The summed E-state index contributed by atoms with van der Waals surface area (Å²) in [7, 11) is 1.41. The van der Waals surface area contributed by atoms with Crippen molar-refractivity contribution in [1.29, 1.82) is 0 Å². The van der Waals surface area contributed by atoms with Crippen LogP contribution in [0.25, 0.3) is 21.9 Å². The van der Waals surface area contributed by atoms with E-state index < -0.39 is 0 Å². The van der Waals surface area contributed by atoms with Gasteiger partial charge in [-0.25, -0.2) is 4.79 Å². The Hall–Kier alpha value is -2.61. The van der Waals surface area contributed by atoms with Crippen molar-refractivity contribution in [3.8, 4) is 11.1 Å². The lowest BCUT2D eigenvalue weighted by Crippen LogP contribution is -2.04. The Kier molecular flexibility index (Phi) is 3.44. The maximum absolute atomic E-state index is 12.0. The van der Waals surface area contributed by atoms with E-state index in [-0.39, 0.29) is 5.97 Å². The van der Waals surface area contributed by atoms with Gasteiger partial charge >= 0.3 is 5.97 Å². The van der Waals surface area contributed by atoms with Gasteiger partial charge in [-0.3, -0.25) is 0 Å². The number of ether oxygens (including phenoxy) is 1. The molecule has 2 nitrogen and oxygen atoms in total. The molecule has 0 heterocycles. The smallest absolute Gasteiger partial charge is 0.338 e. The summed E-state index contributed by atoms with van der Waals surface area (Å²) in [6.45, 7) is 2.07. The number of methoxy groups -OCH3 is 1. The lowest BCUT2D eigenvalue weighted by atomic mass is 9.91. The van der Waals surface area contributed by atoms with Crippen molar-refractivity contribution >= 4 is 16.7 Å². The van der Waals surface area contributed by atoms with Crippen LogP contribution in [0.5, 0.6) is 0 Å². The van der Waals surface area contributed by atoms with Gasteiger partial charge in [0.15, 0.2) is 0 Å². The van der Waals surface area contributed by atoms with Gasteiger partial charge in [0.1, 0.15) is 0 Å². The summed E-state index contributed by atoms with van der Waals surface area (Å²) in [5, 5.41) is 2.31. The van der Waals surface area contributed by atoms with Crippen LogP contribution >= 0.6 is 0 Å². The number of esters is 1. The zero-order chi connectivity index (χ0) is 14.8. The van der Waals surface area contributed by atoms with Gasteiger partial charge in [-0.1, -0.05) is 54.6 Å². The molecule has 0 fully saturated rings. The molecule has 3 aromatic carbocycles. The van der Waals surface area contributed by atoms with Gasteiger partial charge in [0.25, 0.3) is 0 Å². The number of carbonyl (C=O) groups excluding carboxylic acids is 1. The maximum Gasteiger partial charge on any atom is 0.338 e. The van der Waals surface area contributed by atoms with E-state index in [1.165, 1.54) is 7.11 Å². The Bertz CT molecular complexity index is 819. The third-order valence-corrected chi connectivity index (χ3v) is 3.74. The van der Waals surface area contributed by atoms with Crippen molar-refractivity contribution in [2.45, 2.75) is 6.92 Å². The highest BCUT2D eigenvalue weighted by Gasteiger charge is 2.15. The minimum atomic E-state index is -0.307. The molecule has 0 aliphatic heterocycles. The molecule has 0 unspecified atom stereocenters. The third-order valence-electron chi connectivity index (χ3n) is 3.74. The fraction of sp³-hybridized carbons (Fsp3) is 0.105. The highest BCUT2D eigenvalue weighted by Crippen LogP contribution is 2.34. The molecule has 0 aliphatic rings. The number of carbonyl (C=O) groups is 1. The molecule has 0 amide bonds. The van der Waals surface area contributed by atoms with Crippen molar-refractivity contribution in [2.75, 3.05) is 7.11 Å². The first-order chi connectivity index (χ1) is 10.2. The number of rotatable bonds is 2. The van der Waals surface area contributed by atoms with Crippen LogP contribution in [0.15, 0.2) is 60.7 Å². The summed E-state index contributed by atoms with van der Waals surface area (Å²) in [6, 6.07) is 20.0. The van der Waals surface area contributed by atoms with Crippen molar-refractivity contribution < 1.29 is 9.53 Å². The van der Waals surface area contributed by atoms with Gasteiger partial charge in [-0.15, -0.1) is 0 Å². The lowest BCUT2D eigenvalue weighted by Gasteiger charge is -2.13. The van der Waals surface area contributed by atoms with Crippen LogP contribution in [0.2, 0.25) is 0 Å². The Morgan fingerprint density at radius 3 is 2.43 bits per heavy atom. The number of fused-ring (bicyclic) bond motifs is 1. The van der Waals surface area contributed by atoms with Gasteiger partial charge in [-0.2, -0.15) is 0 Å². The summed E-state index contributed by atoms with van der Waals surface area (Å²) in [4.78, 5) is 12.0. The predicted molar refractivity (Wildman–Crippen MR) is 85.5 cm³/mol. The molecule has 0 radical (unpaired) electrons. The number of hydrogen-bond donors (Lipinski definition) is 0. The first kappa shape index (κ1) is 13.4. The van der Waals surface area contributed by atoms with E-state index in [1.807, 2.05) is 36.4 Å². The number of hydrogen-bond acceptors (Lipinski definition) is 2. The molecular weight excluding hydrogens is 260 g/mol. The molecule has 0 spiro atoms. The largest absolute Gasteiger partial charge is 0.465 e. The van der Waals surface area contributed by atoms with Crippen molar-refractivity contribution in [1.82, 2.24) is 0 Å². The van der Waals surface area contributed by atoms with E-state index in [4.69, 9.17) is 4.74 Å². The van der Waals surface area contributed by atoms with Crippen LogP contribution in [-0.2, 0) is 4.74 Å². The molecule has 0 atom stereocenters. The van der Waals surface area contributed by atoms with Gasteiger partial charge in [-0.05, 0) is 40.5 Å². The van der Waals surface area contributed by atoms with Gasteiger partial charge in [0, 0.05) is 0 Å². The molecule has 3 aromatic rings. The van der Waals surface area contributed by atoms with Gasteiger partial charge in [0.2, 0.25) is 0 Å². The third kappa shape index (κ3) is 2.29. The minimum Gasteiger partial charge on any atom is -0.465 e. The molecule has 104 valence electrons. The topological polar surface area (TPSA) is 26.3 Å². The van der Waals surface area contributed by atoms with Crippen LogP contribution < -0.4 is 0 Å². The van der Waals surface area contributed by atoms with Crippen molar-refractivity contribution in [3.05, 3.63) is 71.8 Å². The Labute approximate surface area is 124 Å². The summed E-state index contributed by atoms with van der Waals surface area (Å²) < 4.78 is 4.91. The van der Waals surface area contributed by atoms with E-state index in [9.17, 15) is 4.79 Å². The summed E-state index contributed by atoms with van der Waals surface area (Å²) >= 11 is 0. The van der Waals surface area contributed by atoms with E-state index in [2.05, 4.69) is 31.2 Å². The molecular formula is C19H16O2. The highest BCUT2D eigenvalue weighted by atomic mass is 16.5. The summed E-state index contributed by atoms with van der Waals surface area (Å²) in [5.74, 6) is -0.307. The first-order valence-corrected chi connectivity index (χ1v) is 6.88. The van der Waals surface area contributed by atoms with Gasteiger partial charge in [0.05, 0.1) is 12.7 Å². The fourth-order valence-electron chi connectivity index (χ4n) is 2.73. The second kappa shape index (κ2) is 5.41. The van der Waals surface area contributed by atoms with Crippen LogP contribution in [-0.4, -0.2) is 13.1 Å². The molecule has 0 saturated carbocycles. The first-order valence-electron chi connectivity index (χ1n) is 6.88. The number of benzene rings is 3. The van der Waals surface area contributed by atoms with E-state index in [0.29, 0.717) is 5.56 Å². The minimum absolute atomic E-state index is 0.307. The quantitative estimate of drug-likeness (QED) is 0.639. The summed E-state index contributed by atoms with van der Waals surface area (Å²) in [5.41, 5.74) is 3.75. The second-order valence-corrected chi connectivity index (χ2v) is 5.02. The Morgan fingerprint density at radius 1 is 0.905 bits per heavy atom. The van der Waals surface area contributed by atoms with Crippen LogP contribution in [0.1, 0.15) is 15.9 Å². The van der Waals surface area contributed by atoms with Crippen LogP contribution in [0.3, 0.4) is 0 Å². The molecule has 21 heavy (non-hydrogen) atoms. The molecule has 0 aliphatic carbocycles. The zero-order valence-corrected chi connectivity index (χ0v) is 12.1. The average molecular weight is 276 g/mol. The van der Waals surface area contributed by atoms with E-state index in [1.54, 1.807) is 0 Å². The molecule has 0 bridgehead atoms. The monoisotopic (exact) mass is 276 g/mol. The van der Waals surface area contributed by atoms with E-state index in [0.717, 1.165) is 27.5 Å². The summed E-state index contributed by atoms with van der Waals surface area (Å²) in [6.07, 6.45) is 0. The number of aryl methyl sites for hydroxylation is 1. The standard InChI is InChI=1S/C19H16O2/c1-13-11-12-14-7-3-4-8-15(14)18(13)16-9-5-6-10-17(16)19(20)21-2/h3-12H,1-2H3. The van der Waals surface area contributed by atoms with Gasteiger partial charge < -0.3 is 4.74 Å². The molecule has 2 heteroatoms. The van der Waals surface area contributed by atoms with Crippen molar-refractivity contribution in [3.63, 3.8) is 0 Å². The SMILES string of the molecule is COC(=O)c1ccccc1-c1c(C)ccc2ccccc12. The predicted octanol–water partition coefficient (Wildman–Crippen LogP) is 4.60. The van der Waals surface area contributed by atoms with Crippen molar-refractivity contribution in [2.24, 2.45) is 0 Å². The van der Waals surface area contributed by atoms with Crippen LogP contribution in [0.4, 0.5) is 0 Å². The normalized spacial score (nSPS) is 10.6. The maximum atomic E-state index is 12.0. The Balaban J connectivity index is 2.36. The highest BCUT2D eigenvalue weighted by molar-refractivity contribution is 6.05. The van der Waals surface area contributed by atoms with E-state index >= 15 is 0 Å². The molecule has 0 N–H and O–H groups in total. The lowest BCUT2D eigenvalue weighted by molar-refractivity contribution is 0.0601. The molecule has 0 aromatic heterocycles. The molecule has 0 saturated heterocycles. The zero-order valence-electron chi connectivity index (χ0n) is 12.1. The second-order valence-electron chi connectivity index (χ2n) is 5.02. The fourth-order valence-corrected chi connectivity index (χ4v) is 2.73. The average Bonchev–Trinajstić information content (AvgIpc) is 2.54. The Morgan fingerprint density at radius 2 is 1.62 bits per heavy atom. The molecule has 3 rings (SSSR count). The van der Waals surface area contributed by atoms with Crippen LogP contribution in [0, 0.1) is 6.92 Å².